The number of H-pyrrole nitrogens is 1. The normalized spacial score (nSPS) is 18.1. The van der Waals surface area contributed by atoms with Crippen molar-refractivity contribution in [1.29, 1.82) is 0 Å². The molecule has 6 nitrogen and oxygen atoms in total. The number of hydrogen-bond donors (Lipinski definition) is 2. The van der Waals surface area contributed by atoms with Gasteiger partial charge < -0.3 is 10.2 Å². The van der Waals surface area contributed by atoms with Gasteiger partial charge in [-0.15, -0.1) is 0 Å². The number of carbonyl (C=O) groups is 1. The predicted molar refractivity (Wildman–Crippen MR) is 92.3 cm³/mol. The van der Waals surface area contributed by atoms with Gasteiger partial charge in [0.2, 0.25) is 0 Å². The highest BCUT2D eigenvalue weighted by molar-refractivity contribution is 6.00. The first-order chi connectivity index (χ1) is 11.7. The Bertz CT molecular complexity index is 746. The van der Waals surface area contributed by atoms with Crippen LogP contribution in [0.4, 0.5) is 5.69 Å². The molecule has 1 fully saturated rings. The number of carbonyl (C=O) groups excluding carboxylic acids is 1. The molecule has 1 aromatic carbocycles. The average Bonchev–Trinajstić information content (AvgIpc) is 3.07. The Labute approximate surface area is 141 Å². The molecule has 0 radical (unpaired) electrons. The third-order valence-electron chi connectivity index (χ3n) is 5.07. The van der Waals surface area contributed by atoms with E-state index in [0.717, 1.165) is 68.2 Å². The van der Waals surface area contributed by atoms with E-state index < -0.39 is 0 Å². The quantitative estimate of drug-likeness (QED) is 0.890. The molecule has 0 unspecified atom stereocenters. The molecule has 4 rings (SSSR count). The lowest BCUT2D eigenvalue weighted by molar-refractivity contribution is 0.0712. The number of rotatable bonds is 2. The molecule has 0 atom stereocenters. The van der Waals surface area contributed by atoms with Gasteiger partial charge in [0.15, 0.2) is 5.82 Å². The summed E-state index contributed by atoms with van der Waals surface area (Å²) in [6, 6.07) is 6.07. The van der Waals surface area contributed by atoms with Crippen molar-refractivity contribution in [2.24, 2.45) is 0 Å². The van der Waals surface area contributed by atoms with Crippen LogP contribution in [0.15, 0.2) is 18.2 Å². The van der Waals surface area contributed by atoms with Gasteiger partial charge in [-0.1, -0.05) is 12.1 Å². The minimum Gasteiger partial charge on any atom is -0.384 e. The summed E-state index contributed by atoms with van der Waals surface area (Å²) in [4.78, 5) is 19.4. The summed E-state index contributed by atoms with van der Waals surface area (Å²) in [5.41, 5.74) is 3.12. The number of likely N-dealkylation sites (tertiary alicyclic amines) is 1. The Hall–Kier alpha value is -2.37. The minimum absolute atomic E-state index is 0.144. The minimum atomic E-state index is 0.144. The average molecular weight is 325 g/mol. The number of hydrogen-bond acceptors (Lipinski definition) is 4. The number of anilines is 1. The van der Waals surface area contributed by atoms with Crippen LogP contribution >= 0.6 is 0 Å². The molecule has 0 aliphatic carbocycles. The summed E-state index contributed by atoms with van der Waals surface area (Å²) >= 11 is 0. The van der Waals surface area contributed by atoms with Gasteiger partial charge in [-0.05, 0) is 44.2 Å². The van der Waals surface area contributed by atoms with Crippen LogP contribution in [0.2, 0.25) is 0 Å². The molecule has 6 heteroatoms. The van der Waals surface area contributed by atoms with E-state index in [1.54, 1.807) is 0 Å². The van der Waals surface area contributed by atoms with Gasteiger partial charge in [0.1, 0.15) is 5.82 Å². The molecular formula is C18H23N5O. The molecule has 3 heterocycles. The number of aromatic nitrogens is 3. The van der Waals surface area contributed by atoms with Crippen molar-refractivity contribution in [2.75, 3.05) is 25.0 Å². The Kier molecular flexibility index (Phi) is 3.96. The highest BCUT2D eigenvalue weighted by Gasteiger charge is 2.28. The number of nitrogens with one attached hydrogen (secondary N) is 2. The second kappa shape index (κ2) is 6.26. The summed E-state index contributed by atoms with van der Waals surface area (Å²) in [5.74, 6) is 2.23. The fourth-order valence-corrected chi connectivity index (χ4v) is 3.74. The maximum absolute atomic E-state index is 13.0. The molecule has 2 aliphatic rings. The number of piperidine rings is 1. The van der Waals surface area contributed by atoms with Crippen molar-refractivity contribution in [3.05, 3.63) is 41.0 Å². The molecule has 2 aromatic rings. The first kappa shape index (κ1) is 15.2. The van der Waals surface area contributed by atoms with E-state index in [-0.39, 0.29) is 5.91 Å². The molecule has 1 amide bonds. The summed E-state index contributed by atoms with van der Waals surface area (Å²) in [6.07, 6.45) is 4.03. The number of amides is 1. The molecule has 24 heavy (non-hydrogen) atoms. The number of benzene rings is 1. The second-order valence-electron chi connectivity index (χ2n) is 6.72. The fourth-order valence-electron chi connectivity index (χ4n) is 3.74. The third kappa shape index (κ3) is 2.77. The maximum atomic E-state index is 13.0. The monoisotopic (exact) mass is 325 g/mol. The zero-order valence-electron chi connectivity index (χ0n) is 14.0. The largest absolute Gasteiger partial charge is 0.384 e. The Morgan fingerprint density at radius 2 is 2.12 bits per heavy atom. The summed E-state index contributed by atoms with van der Waals surface area (Å²) in [5, 5.41) is 10.6. The Balaban J connectivity index is 1.47. The highest BCUT2D eigenvalue weighted by atomic mass is 16.2. The standard InChI is InChI=1S/C18H23N5O/c1-12-20-17(22-21-12)14-7-10-23(11-8-14)18(24)15-6-2-4-13-5-3-9-19-16(13)15/h2,4,6,14,19H,3,5,7-11H2,1H3,(H,20,21,22). The van der Waals surface area contributed by atoms with Gasteiger partial charge in [-0.2, -0.15) is 5.10 Å². The van der Waals surface area contributed by atoms with Gasteiger partial charge in [-0.25, -0.2) is 4.98 Å². The van der Waals surface area contributed by atoms with Gasteiger partial charge in [0, 0.05) is 25.6 Å². The summed E-state index contributed by atoms with van der Waals surface area (Å²) in [6.45, 7) is 4.39. The van der Waals surface area contributed by atoms with Crippen molar-refractivity contribution < 1.29 is 4.79 Å². The van der Waals surface area contributed by atoms with Gasteiger partial charge in [-0.3, -0.25) is 9.89 Å². The summed E-state index contributed by atoms with van der Waals surface area (Å²) in [7, 11) is 0. The van der Waals surface area contributed by atoms with Gasteiger partial charge in [0.25, 0.3) is 5.91 Å². The number of nitrogens with zero attached hydrogens (tertiary/aromatic N) is 3. The van der Waals surface area contributed by atoms with Crippen LogP contribution in [0, 0.1) is 6.92 Å². The van der Waals surface area contributed by atoms with E-state index in [0.29, 0.717) is 5.92 Å². The smallest absolute Gasteiger partial charge is 0.255 e. The zero-order valence-corrected chi connectivity index (χ0v) is 14.0. The van der Waals surface area contributed by atoms with Crippen LogP contribution in [-0.4, -0.2) is 45.6 Å². The van der Waals surface area contributed by atoms with E-state index in [2.05, 4.69) is 26.6 Å². The van der Waals surface area contributed by atoms with E-state index in [1.165, 1.54) is 5.56 Å². The van der Waals surface area contributed by atoms with E-state index in [9.17, 15) is 4.79 Å². The fraction of sp³-hybridized carbons (Fsp3) is 0.500. The molecule has 2 aliphatic heterocycles. The van der Waals surface area contributed by atoms with Crippen LogP contribution in [0.3, 0.4) is 0 Å². The predicted octanol–water partition coefficient (Wildman–Crippen LogP) is 2.49. The van der Waals surface area contributed by atoms with Crippen LogP contribution in [-0.2, 0) is 6.42 Å². The first-order valence-corrected chi connectivity index (χ1v) is 8.76. The molecule has 1 aromatic heterocycles. The molecule has 0 saturated carbocycles. The topological polar surface area (TPSA) is 73.9 Å². The maximum Gasteiger partial charge on any atom is 0.255 e. The lowest BCUT2D eigenvalue weighted by atomic mass is 9.94. The Morgan fingerprint density at radius 3 is 2.88 bits per heavy atom. The summed E-state index contributed by atoms with van der Waals surface area (Å²) < 4.78 is 0. The first-order valence-electron chi connectivity index (χ1n) is 8.76. The number of aryl methyl sites for hydroxylation is 2. The van der Waals surface area contributed by atoms with Crippen LogP contribution in [0.5, 0.6) is 0 Å². The van der Waals surface area contributed by atoms with Crippen molar-refractivity contribution in [2.45, 2.75) is 38.5 Å². The van der Waals surface area contributed by atoms with Crippen LogP contribution in [0.1, 0.15) is 52.8 Å². The number of aromatic amines is 1. The lowest BCUT2D eigenvalue weighted by Crippen LogP contribution is -2.38. The van der Waals surface area contributed by atoms with Crippen molar-refractivity contribution in [1.82, 2.24) is 20.1 Å². The molecular weight excluding hydrogens is 302 g/mol. The highest BCUT2D eigenvalue weighted by Crippen LogP contribution is 2.30. The molecule has 0 bridgehead atoms. The second-order valence-corrected chi connectivity index (χ2v) is 6.72. The van der Waals surface area contributed by atoms with E-state index >= 15 is 0 Å². The van der Waals surface area contributed by atoms with E-state index in [4.69, 9.17) is 0 Å². The van der Waals surface area contributed by atoms with E-state index in [1.807, 2.05) is 24.0 Å². The van der Waals surface area contributed by atoms with Crippen molar-refractivity contribution in [3.8, 4) is 0 Å². The Morgan fingerprint density at radius 1 is 1.29 bits per heavy atom. The number of fused-ring (bicyclic) bond motifs is 1. The molecule has 126 valence electrons. The molecule has 1 saturated heterocycles. The molecule has 0 spiro atoms. The van der Waals surface area contributed by atoms with Crippen molar-refractivity contribution in [3.63, 3.8) is 0 Å². The van der Waals surface area contributed by atoms with Crippen LogP contribution < -0.4 is 5.32 Å². The third-order valence-corrected chi connectivity index (χ3v) is 5.07. The van der Waals surface area contributed by atoms with Crippen LogP contribution in [0.25, 0.3) is 0 Å². The SMILES string of the molecule is Cc1nc(C2CCN(C(=O)c3cccc4c3NCCC4)CC2)n[nH]1. The zero-order chi connectivity index (χ0) is 16.5. The van der Waals surface area contributed by atoms with Crippen molar-refractivity contribution >= 4 is 11.6 Å². The van der Waals surface area contributed by atoms with Gasteiger partial charge in [0.05, 0.1) is 11.3 Å². The number of para-hydroxylation sites is 1. The lowest BCUT2D eigenvalue weighted by Gasteiger charge is -2.32. The van der Waals surface area contributed by atoms with Gasteiger partial charge >= 0.3 is 0 Å². The molecule has 2 N–H and O–H groups in total.